The lowest BCUT2D eigenvalue weighted by atomic mass is 10.1. The van der Waals surface area contributed by atoms with Gasteiger partial charge in [-0.25, -0.2) is 0 Å². The van der Waals surface area contributed by atoms with E-state index in [1.165, 1.54) is 11.8 Å². The summed E-state index contributed by atoms with van der Waals surface area (Å²) >= 11 is 0. The molecule has 0 radical (unpaired) electrons. The van der Waals surface area contributed by atoms with E-state index in [9.17, 15) is 13.2 Å². The quantitative estimate of drug-likeness (QED) is 0.729. The maximum Gasteiger partial charge on any atom is 0.405 e. The summed E-state index contributed by atoms with van der Waals surface area (Å²) in [7, 11) is 0. The van der Waals surface area contributed by atoms with E-state index < -0.39 is 24.3 Å². The predicted molar refractivity (Wildman–Crippen MR) is 51.9 cm³/mol. The molecule has 4 nitrogen and oxygen atoms in total. The van der Waals surface area contributed by atoms with Crippen LogP contribution in [0.15, 0.2) is 0 Å². The molecule has 0 aromatic rings. The Labute approximate surface area is 92.2 Å². The lowest BCUT2D eigenvalue weighted by molar-refractivity contribution is -0.207. The summed E-state index contributed by atoms with van der Waals surface area (Å²) in [6.45, 7) is 1.43. The van der Waals surface area contributed by atoms with Gasteiger partial charge in [0.25, 0.3) is 0 Å². The van der Waals surface area contributed by atoms with E-state index >= 15 is 0 Å². The van der Waals surface area contributed by atoms with Crippen molar-refractivity contribution in [2.75, 3.05) is 26.4 Å². The fraction of sp³-hybridized carbons (Fsp3) is 1.00. The van der Waals surface area contributed by atoms with Crippen molar-refractivity contribution in [3.63, 3.8) is 0 Å². The highest BCUT2D eigenvalue weighted by atomic mass is 19.4. The van der Waals surface area contributed by atoms with Crippen LogP contribution >= 0.6 is 0 Å². The van der Waals surface area contributed by atoms with E-state index in [-0.39, 0.29) is 26.4 Å². The number of ether oxygens (including phenoxy) is 1. The number of morpholine rings is 1. The summed E-state index contributed by atoms with van der Waals surface area (Å²) in [6.07, 6.45) is -4.39. The van der Waals surface area contributed by atoms with Crippen LogP contribution in [0.2, 0.25) is 0 Å². The Kier molecular flexibility index (Phi) is 4.54. The van der Waals surface area contributed by atoms with Gasteiger partial charge in [-0.05, 0) is 6.92 Å². The van der Waals surface area contributed by atoms with E-state index in [2.05, 4.69) is 0 Å². The maximum atomic E-state index is 12.8. The minimum absolute atomic E-state index is 0.107. The average Bonchev–Trinajstić information content (AvgIpc) is 2.15. The van der Waals surface area contributed by atoms with Gasteiger partial charge in [-0.15, -0.1) is 0 Å². The smallest absolute Gasteiger partial charge is 0.395 e. The molecule has 16 heavy (non-hydrogen) atoms. The van der Waals surface area contributed by atoms with Gasteiger partial charge >= 0.3 is 6.18 Å². The Morgan fingerprint density at radius 1 is 1.56 bits per heavy atom. The lowest BCUT2D eigenvalue weighted by Gasteiger charge is -2.42. The van der Waals surface area contributed by atoms with Gasteiger partial charge in [-0.3, -0.25) is 4.90 Å². The third-order valence-corrected chi connectivity index (χ3v) is 2.67. The fourth-order valence-electron chi connectivity index (χ4n) is 1.98. The van der Waals surface area contributed by atoms with E-state index in [1.54, 1.807) is 0 Å². The van der Waals surface area contributed by atoms with Crippen molar-refractivity contribution in [2.45, 2.75) is 31.2 Å². The van der Waals surface area contributed by atoms with Crippen LogP contribution in [0.3, 0.4) is 0 Å². The Bertz CT molecular complexity index is 223. The predicted octanol–water partition coefficient (Wildman–Crippen LogP) is -0.0424. The zero-order chi connectivity index (χ0) is 12.3. The van der Waals surface area contributed by atoms with Crippen LogP contribution in [0.1, 0.15) is 6.92 Å². The van der Waals surface area contributed by atoms with Gasteiger partial charge in [-0.2, -0.15) is 13.2 Å². The molecule has 96 valence electrons. The second-order valence-electron chi connectivity index (χ2n) is 3.99. The monoisotopic (exact) mass is 242 g/mol. The van der Waals surface area contributed by atoms with Gasteiger partial charge in [0.15, 0.2) is 0 Å². The van der Waals surface area contributed by atoms with Crippen molar-refractivity contribution in [3.8, 4) is 0 Å². The summed E-state index contributed by atoms with van der Waals surface area (Å²) in [5.74, 6) is 0. The molecule has 1 heterocycles. The number of nitrogens with two attached hydrogens (primary N) is 1. The first kappa shape index (κ1) is 13.7. The van der Waals surface area contributed by atoms with Crippen molar-refractivity contribution in [1.82, 2.24) is 4.90 Å². The normalized spacial score (nSPS) is 27.8. The number of aliphatic hydroxyl groups is 1. The molecular formula is C9H17F3N2O2. The number of aliphatic hydroxyl groups excluding tert-OH is 1. The molecule has 0 spiro atoms. The number of alkyl halides is 3. The summed E-state index contributed by atoms with van der Waals surface area (Å²) in [6, 6.07) is -3.40. The van der Waals surface area contributed by atoms with Gasteiger partial charge < -0.3 is 15.6 Å². The first-order chi connectivity index (χ1) is 7.38. The van der Waals surface area contributed by atoms with Crippen molar-refractivity contribution < 1.29 is 23.0 Å². The minimum atomic E-state index is -4.39. The van der Waals surface area contributed by atoms with Gasteiger partial charge in [-0.1, -0.05) is 0 Å². The molecular weight excluding hydrogens is 225 g/mol. The number of nitrogens with zero attached hydrogens (tertiary/aromatic N) is 1. The Morgan fingerprint density at radius 2 is 2.19 bits per heavy atom. The summed E-state index contributed by atoms with van der Waals surface area (Å²) in [4.78, 5) is 1.19. The van der Waals surface area contributed by atoms with Gasteiger partial charge in [0, 0.05) is 12.6 Å². The molecule has 7 heteroatoms. The largest absolute Gasteiger partial charge is 0.405 e. The number of rotatable bonds is 3. The first-order valence-corrected chi connectivity index (χ1v) is 5.14. The van der Waals surface area contributed by atoms with Crippen molar-refractivity contribution in [1.29, 1.82) is 0 Å². The minimum Gasteiger partial charge on any atom is -0.395 e. The van der Waals surface area contributed by atoms with Crippen molar-refractivity contribution in [2.24, 2.45) is 5.73 Å². The van der Waals surface area contributed by atoms with Gasteiger partial charge in [0.2, 0.25) is 0 Å². The molecule has 1 aliphatic heterocycles. The van der Waals surface area contributed by atoms with Crippen molar-refractivity contribution >= 4 is 0 Å². The van der Waals surface area contributed by atoms with Crippen LogP contribution in [0.25, 0.3) is 0 Å². The number of halogens is 3. The summed E-state index contributed by atoms with van der Waals surface area (Å²) < 4.78 is 43.5. The second kappa shape index (κ2) is 5.31. The maximum absolute atomic E-state index is 12.8. The molecule has 3 N–H and O–H groups in total. The van der Waals surface area contributed by atoms with Crippen LogP contribution in [0, 0.1) is 0 Å². The van der Waals surface area contributed by atoms with E-state index in [1.807, 2.05) is 0 Å². The van der Waals surface area contributed by atoms with Crippen LogP contribution in [-0.2, 0) is 4.74 Å². The highest BCUT2D eigenvalue weighted by molar-refractivity contribution is 4.90. The highest BCUT2D eigenvalue weighted by Crippen LogP contribution is 2.29. The number of hydrogen-bond acceptors (Lipinski definition) is 4. The molecule has 0 aromatic carbocycles. The SMILES string of the molecule is CC(N)C(N1CCOCC1CO)C(F)(F)F. The standard InChI is InChI=1S/C9H17F3N2O2/c1-6(13)8(9(10,11)12)14-2-3-16-5-7(14)4-15/h6-8,15H,2-5,13H2,1H3. The first-order valence-electron chi connectivity index (χ1n) is 5.14. The third kappa shape index (κ3) is 3.07. The summed E-state index contributed by atoms with van der Waals surface area (Å²) in [5.41, 5.74) is 5.39. The second-order valence-corrected chi connectivity index (χ2v) is 3.99. The molecule has 1 rings (SSSR count). The molecule has 1 saturated heterocycles. The molecule has 3 atom stereocenters. The van der Waals surface area contributed by atoms with E-state index in [4.69, 9.17) is 15.6 Å². The number of hydrogen-bond donors (Lipinski definition) is 2. The molecule has 1 fully saturated rings. The molecule has 3 unspecified atom stereocenters. The Morgan fingerprint density at radius 3 is 2.62 bits per heavy atom. The van der Waals surface area contributed by atoms with Gasteiger partial charge in [0.05, 0.1) is 25.9 Å². The molecule has 0 amide bonds. The zero-order valence-corrected chi connectivity index (χ0v) is 9.07. The topological polar surface area (TPSA) is 58.7 Å². The van der Waals surface area contributed by atoms with Crippen LogP contribution in [-0.4, -0.2) is 60.7 Å². The van der Waals surface area contributed by atoms with Gasteiger partial charge in [0.1, 0.15) is 6.04 Å². The van der Waals surface area contributed by atoms with Crippen LogP contribution < -0.4 is 5.73 Å². The average molecular weight is 242 g/mol. The molecule has 0 aliphatic carbocycles. The highest BCUT2D eigenvalue weighted by Gasteiger charge is 2.48. The third-order valence-electron chi connectivity index (χ3n) is 2.67. The lowest BCUT2D eigenvalue weighted by Crippen LogP contribution is -2.62. The fourth-order valence-corrected chi connectivity index (χ4v) is 1.98. The van der Waals surface area contributed by atoms with Crippen LogP contribution in [0.4, 0.5) is 13.2 Å². The molecule has 1 aliphatic rings. The Hall–Kier alpha value is -0.370. The molecule has 0 bridgehead atoms. The molecule has 0 aromatic heterocycles. The van der Waals surface area contributed by atoms with Crippen LogP contribution in [0.5, 0.6) is 0 Å². The Balaban J connectivity index is 2.83. The van der Waals surface area contributed by atoms with E-state index in [0.29, 0.717) is 0 Å². The summed E-state index contributed by atoms with van der Waals surface area (Å²) in [5, 5.41) is 9.03. The van der Waals surface area contributed by atoms with E-state index in [0.717, 1.165) is 0 Å². The van der Waals surface area contributed by atoms with Crippen molar-refractivity contribution in [3.05, 3.63) is 0 Å². The molecule has 0 saturated carbocycles. The zero-order valence-electron chi connectivity index (χ0n) is 9.07.